The van der Waals surface area contributed by atoms with Crippen LogP contribution in [-0.2, 0) is 0 Å². The lowest BCUT2D eigenvalue weighted by molar-refractivity contribution is 0.0434. The standard InChI is InChI=1S/C16H20BrClN2O/c17-13-4-3-12(9-14(13)18)15(21)20-8-2-6-16(11-20)5-1-7-19-10-16/h3-4,9,19H,1-2,5-8,10-11H2. The molecule has 2 saturated heterocycles. The molecule has 1 N–H and O–H groups in total. The van der Waals surface area contributed by atoms with Gasteiger partial charge in [0.05, 0.1) is 5.02 Å². The highest BCUT2D eigenvalue weighted by Crippen LogP contribution is 2.36. The van der Waals surface area contributed by atoms with Crippen LogP contribution in [0, 0.1) is 5.41 Å². The topological polar surface area (TPSA) is 32.3 Å². The largest absolute Gasteiger partial charge is 0.338 e. The Bertz CT molecular complexity index is 538. The summed E-state index contributed by atoms with van der Waals surface area (Å²) in [4.78, 5) is 14.7. The molecule has 1 aromatic rings. The number of hydrogen-bond acceptors (Lipinski definition) is 2. The van der Waals surface area contributed by atoms with Gasteiger partial charge in [0.1, 0.15) is 0 Å². The quantitative estimate of drug-likeness (QED) is 0.816. The Morgan fingerprint density at radius 3 is 2.86 bits per heavy atom. The Kier molecular flexibility index (Phi) is 4.57. The molecule has 3 rings (SSSR count). The van der Waals surface area contributed by atoms with Crippen LogP contribution in [0.1, 0.15) is 36.0 Å². The summed E-state index contributed by atoms with van der Waals surface area (Å²) in [5.41, 5.74) is 0.967. The van der Waals surface area contributed by atoms with Gasteiger partial charge in [-0.05, 0) is 66.4 Å². The zero-order chi connectivity index (χ0) is 14.9. The number of hydrogen-bond donors (Lipinski definition) is 1. The van der Waals surface area contributed by atoms with Gasteiger partial charge >= 0.3 is 0 Å². The number of carbonyl (C=O) groups excluding carboxylic acids is 1. The molecule has 1 aromatic carbocycles. The van der Waals surface area contributed by atoms with E-state index in [2.05, 4.69) is 21.2 Å². The first-order valence-corrected chi connectivity index (χ1v) is 8.72. The van der Waals surface area contributed by atoms with E-state index in [1.54, 1.807) is 6.07 Å². The van der Waals surface area contributed by atoms with Crippen molar-refractivity contribution in [1.29, 1.82) is 0 Å². The maximum Gasteiger partial charge on any atom is 0.253 e. The predicted molar refractivity (Wildman–Crippen MR) is 88.8 cm³/mol. The molecule has 1 atom stereocenters. The molecule has 1 unspecified atom stereocenters. The third kappa shape index (κ3) is 3.27. The number of nitrogens with zero attached hydrogens (tertiary/aromatic N) is 1. The van der Waals surface area contributed by atoms with Crippen molar-refractivity contribution >= 4 is 33.4 Å². The minimum atomic E-state index is 0.106. The number of rotatable bonds is 1. The summed E-state index contributed by atoms with van der Waals surface area (Å²) in [5.74, 6) is 0.106. The van der Waals surface area contributed by atoms with Gasteiger partial charge in [-0.25, -0.2) is 0 Å². The summed E-state index contributed by atoms with van der Waals surface area (Å²) in [6.45, 7) is 3.87. The summed E-state index contributed by atoms with van der Waals surface area (Å²) in [6.07, 6.45) is 4.76. The highest BCUT2D eigenvalue weighted by Gasteiger charge is 2.38. The van der Waals surface area contributed by atoms with Crippen molar-refractivity contribution in [2.75, 3.05) is 26.2 Å². The lowest BCUT2D eigenvalue weighted by Crippen LogP contribution is -2.52. The van der Waals surface area contributed by atoms with Gasteiger partial charge in [0, 0.05) is 35.1 Å². The molecule has 2 fully saturated rings. The molecule has 0 radical (unpaired) electrons. The van der Waals surface area contributed by atoms with Gasteiger partial charge in [0.25, 0.3) is 5.91 Å². The van der Waals surface area contributed by atoms with Crippen molar-refractivity contribution < 1.29 is 4.79 Å². The van der Waals surface area contributed by atoms with Crippen LogP contribution in [0.5, 0.6) is 0 Å². The SMILES string of the molecule is O=C(c1ccc(Br)c(Cl)c1)N1CCCC2(CCCNC2)C1. The van der Waals surface area contributed by atoms with Crippen LogP contribution in [0.25, 0.3) is 0 Å². The second-order valence-corrected chi connectivity index (χ2v) is 7.50. The van der Waals surface area contributed by atoms with Crippen molar-refractivity contribution in [3.8, 4) is 0 Å². The van der Waals surface area contributed by atoms with Crippen LogP contribution in [0.3, 0.4) is 0 Å². The first-order valence-electron chi connectivity index (χ1n) is 7.55. The van der Waals surface area contributed by atoms with Crippen molar-refractivity contribution in [3.05, 3.63) is 33.3 Å². The summed E-state index contributed by atoms with van der Waals surface area (Å²) < 4.78 is 0.826. The third-order valence-electron chi connectivity index (χ3n) is 4.68. The van der Waals surface area contributed by atoms with E-state index in [1.165, 1.54) is 19.3 Å². The number of halogens is 2. The van der Waals surface area contributed by atoms with Gasteiger partial charge < -0.3 is 10.2 Å². The van der Waals surface area contributed by atoms with Crippen molar-refractivity contribution in [2.24, 2.45) is 5.41 Å². The van der Waals surface area contributed by atoms with E-state index in [9.17, 15) is 4.79 Å². The number of nitrogens with one attached hydrogen (secondary N) is 1. The van der Waals surface area contributed by atoms with Crippen molar-refractivity contribution in [1.82, 2.24) is 10.2 Å². The van der Waals surface area contributed by atoms with Crippen LogP contribution >= 0.6 is 27.5 Å². The zero-order valence-corrected chi connectivity index (χ0v) is 14.3. The second-order valence-electron chi connectivity index (χ2n) is 6.24. The van der Waals surface area contributed by atoms with Crippen molar-refractivity contribution in [2.45, 2.75) is 25.7 Å². The highest BCUT2D eigenvalue weighted by atomic mass is 79.9. The molecular formula is C16H20BrClN2O. The molecular weight excluding hydrogens is 352 g/mol. The van der Waals surface area contributed by atoms with E-state index in [0.29, 0.717) is 10.6 Å². The molecule has 3 nitrogen and oxygen atoms in total. The van der Waals surface area contributed by atoms with E-state index < -0.39 is 0 Å². The number of benzene rings is 1. The number of amides is 1. The Morgan fingerprint density at radius 2 is 2.14 bits per heavy atom. The van der Waals surface area contributed by atoms with Crippen molar-refractivity contribution in [3.63, 3.8) is 0 Å². The zero-order valence-electron chi connectivity index (χ0n) is 12.0. The predicted octanol–water partition coefficient (Wildman–Crippen LogP) is 3.71. The summed E-state index contributed by atoms with van der Waals surface area (Å²) in [7, 11) is 0. The molecule has 0 bridgehead atoms. The van der Waals surface area contributed by atoms with E-state index in [-0.39, 0.29) is 11.3 Å². The Balaban J connectivity index is 1.76. The van der Waals surface area contributed by atoms with E-state index >= 15 is 0 Å². The minimum Gasteiger partial charge on any atom is -0.338 e. The molecule has 2 aliphatic heterocycles. The molecule has 5 heteroatoms. The van der Waals surface area contributed by atoms with Gasteiger partial charge in [-0.15, -0.1) is 0 Å². The number of carbonyl (C=O) groups is 1. The molecule has 0 saturated carbocycles. The second kappa shape index (κ2) is 6.27. The van der Waals surface area contributed by atoms with Gasteiger partial charge in [-0.1, -0.05) is 11.6 Å². The van der Waals surface area contributed by atoms with Crippen LogP contribution in [-0.4, -0.2) is 37.0 Å². The van der Waals surface area contributed by atoms with Crippen LogP contribution in [0.2, 0.25) is 5.02 Å². The molecule has 1 spiro atoms. The lowest BCUT2D eigenvalue weighted by Gasteiger charge is -2.45. The molecule has 114 valence electrons. The fraction of sp³-hybridized carbons (Fsp3) is 0.562. The first kappa shape index (κ1) is 15.3. The monoisotopic (exact) mass is 370 g/mol. The number of likely N-dealkylation sites (tertiary alicyclic amines) is 1. The summed E-state index contributed by atoms with van der Waals surface area (Å²) >= 11 is 9.48. The lowest BCUT2D eigenvalue weighted by atomic mass is 9.74. The molecule has 21 heavy (non-hydrogen) atoms. The smallest absolute Gasteiger partial charge is 0.253 e. The average molecular weight is 372 g/mol. The van der Waals surface area contributed by atoms with E-state index in [4.69, 9.17) is 11.6 Å². The maximum absolute atomic E-state index is 12.7. The Hall–Kier alpha value is -0.580. The fourth-order valence-corrected chi connectivity index (χ4v) is 4.00. The van der Waals surface area contributed by atoms with E-state index in [0.717, 1.165) is 37.1 Å². The van der Waals surface area contributed by atoms with E-state index in [1.807, 2.05) is 17.0 Å². The minimum absolute atomic E-state index is 0.106. The van der Waals surface area contributed by atoms with Crippen LogP contribution in [0.4, 0.5) is 0 Å². The fourth-order valence-electron chi connectivity index (χ4n) is 3.57. The molecule has 2 heterocycles. The van der Waals surface area contributed by atoms with Crippen LogP contribution in [0.15, 0.2) is 22.7 Å². The van der Waals surface area contributed by atoms with Crippen LogP contribution < -0.4 is 5.32 Å². The van der Waals surface area contributed by atoms with Gasteiger partial charge in [0.2, 0.25) is 0 Å². The first-order chi connectivity index (χ1) is 10.1. The van der Waals surface area contributed by atoms with Gasteiger partial charge in [-0.3, -0.25) is 4.79 Å². The van der Waals surface area contributed by atoms with Gasteiger partial charge in [-0.2, -0.15) is 0 Å². The summed E-state index contributed by atoms with van der Waals surface area (Å²) in [5, 5.41) is 4.09. The molecule has 0 aromatic heterocycles. The molecule has 2 aliphatic rings. The normalized spacial score (nSPS) is 26.1. The van der Waals surface area contributed by atoms with Gasteiger partial charge in [0.15, 0.2) is 0 Å². The number of piperidine rings is 2. The Labute approximate surface area is 139 Å². The molecule has 1 amide bonds. The Morgan fingerprint density at radius 1 is 1.33 bits per heavy atom. The maximum atomic E-state index is 12.7. The molecule has 0 aliphatic carbocycles. The average Bonchev–Trinajstić information content (AvgIpc) is 2.50. The third-order valence-corrected chi connectivity index (χ3v) is 5.91. The highest BCUT2D eigenvalue weighted by molar-refractivity contribution is 9.10. The summed E-state index contributed by atoms with van der Waals surface area (Å²) in [6, 6.07) is 5.45.